The van der Waals surface area contributed by atoms with Crippen LogP contribution in [0, 0.1) is 0 Å². The van der Waals surface area contributed by atoms with Crippen LogP contribution in [0.2, 0.25) is 0 Å². The fourth-order valence-electron chi connectivity index (χ4n) is 3.49. The molecule has 0 saturated carbocycles. The Hall–Kier alpha value is -2.37. The van der Waals surface area contributed by atoms with E-state index < -0.39 is 0 Å². The molecule has 1 aromatic heterocycles. The lowest BCUT2D eigenvalue weighted by molar-refractivity contribution is -0.128. The van der Waals surface area contributed by atoms with Gasteiger partial charge in [-0.3, -0.25) is 9.59 Å². The molecular formula is C19H26N4O2. The van der Waals surface area contributed by atoms with Crippen LogP contribution in [-0.2, 0) is 11.8 Å². The molecule has 6 heteroatoms. The van der Waals surface area contributed by atoms with Crippen LogP contribution in [0.1, 0.15) is 49.3 Å². The molecule has 6 nitrogen and oxygen atoms in total. The number of imidazole rings is 1. The van der Waals surface area contributed by atoms with Crippen molar-refractivity contribution in [2.75, 3.05) is 26.2 Å². The third-order valence-electron chi connectivity index (χ3n) is 4.91. The number of fused-ring (bicyclic) bond motifs is 1. The number of carbonyl (C=O) groups is 2. The monoisotopic (exact) mass is 342 g/mol. The lowest BCUT2D eigenvalue weighted by atomic mass is 10.1. The summed E-state index contributed by atoms with van der Waals surface area (Å²) in [5, 5.41) is 0. The Morgan fingerprint density at radius 1 is 1.08 bits per heavy atom. The van der Waals surface area contributed by atoms with Gasteiger partial charge in [-0.25, -0.2) is 4.98 Å². The smallest absolute Gasteiger partial charge is 0.253 e. The zero-order valence-corrected chi connectivity index (χ0v) is 15.5. The summed E-state index contributed by atoms with van der Waals surface area (Å²) in [6, 6.07) is 5.74. The first-order chi connectivity index (χ1) is 11.9. The topological polar surface area (TPSA) is 58.4 Å². The summed E-state index contributed by atoms with van der Waals surface area (Å²) in [5.74, 6) is 1.45. The number of amides is 2. The number of nitrogens with zero attached hydrogens (tertiary/aromatic N) is 4. The molecule has 0 bridgehead atoms. The number of hydrogen-bond acceptors (Lipinski definition) is 3. The molecule has 134 valence electrons. The average molecular weight is 342 g/mol. The molecule has 3 rings (SSSR count). The van der Waals surface area contributed by atoms with E-state index in [2.05, 4.69) is 18.4 Å². The van der Waals surface area contributed by atoms with Crippen molar-refractivity contribution >= 4 is 22.8 Å². The van der Waals surface area contributed by atoms with Crippen LogP contribution in [0.25, 0.3) is 11.0 Å². The molecule has 0 unspecified atom stereocenters. The molecule has 25 heavy (non-hydrogen) atoms. The highest BCUT2D eigenvalue weighted by Gasteiger charge is 2.22. The van der Waals surface area contributed by atoms with Crippen molar-refractivity contribution in [3.63, 3.8) is 0 Å². The number of carbonyl (C=O) groups excluding carboxylic acids is 2. The maximum atomic E-state index is 12.9. The van der Waals surface area contributed by atoms with Crippen LogP contribution in [0.15, 0.2) is 18.2 Å². The van der Waals surface area contributed by atoms with E-state index in [0.29, 0.717) is 31.1 Å². The van der Waals surface area contributed by atoms with Crippen molar-refractivity contribution < 1.29 is 9.59 Å². The van der Waals surface area contributed by atoms with Gasteiger partial charge in [-0.05, 0) is 24.6 Å². The molecule has 2 heterocycles. The quantitative estimate of drug-likeness (QED) is 0.842. The minimum absolute atomic E-state index is 0.0176. The summed E-state index contributed by atoms with van der Waals surface area (Å²) < 4.78 is 2.09. The van der Waals surface area contributed by atoms with E-state index in [1.807, 2.05) is 35.0 Å². The second-order valence-corrected chi connectivity index (χ2v) is 7.04. The number of rotatable bonds is 2. The number of hydrogen-bond donors (Lipinski definition) is 0. The molecule has 0 spiro atoms. The molecule has 1 saturated heterocycles. The summed E-state index contributed by atoms with van der Waals surface area (Å²) >= 11 is 0. The van der Waals surface area contributed by atoms with Crippen LogP contribution < -0.4 is 0 Å². The Kier molecular flexibility index (Phi) is 4.79. The Balaban J connectivity index is 1.83. The number of aromatic nitrogens is 2. The van der Waals surface area contributed by atoms with Gasteiger partial charge in [0.25, 0.3) is 5.91 Å². The third-order valence-corrected chi connectivity index (χ3v) is 4.91. The molecule has 0 aliphatic carbocycles. The minimum Gasteiger partial charge on any atom is -0.341 e. The van der Waals surface area contributed by atoms with E-state index in [1.54, 1.807) is 6.92 Å². The molecular weight excluding hydrogens is 316 g/mol. The number of benzene rings is 1. The molecule has 2 aromatic rings. The highest BCUT2D eigenvalue weighted by atomic mass is 16.2. The van der Waals surface area contributed by atoms with Crippen molar-refractivity contribution in [3.8, 4) is 0 Å². The van der Waals surface area contributed by atoms with Crippen molar-refractivity contribution in [1.29, 1.82) is 0 Å². The first-order valence-corrected chi connectivity index (χ1v) is 8.89. The Morgan fingerprint density at radius 2 is 1.76 bits per heavy atom. The molecule has 1 aliphatic rings. The maximum Gasteiger partial charge on any atom is 0.253 e. The second kappa shape index (κ2) is 6.86. The molecule has 0 N–H and O–H groups in total. The van der Waals surface area contributed by atoms with Gasteiger partial charge >= 0.3 is 0 Å². The molecule has 0 atom stereocenters. The molecule has 1 aliphatic heterocycles. The lowest BCUT2D eigenvalue weighted by Gasteiger charge is -2.21. The van der Waals surface area contributed by atoms with Crippen molar-refractivity contribution in [3.05, 3.63) is 29.6 Å². The van der Waals surface area contributed by atoms with Crippen LogP contribution >= 0.6 is 0 Å². The van der Waals surface area contributed by atoms with Gasteiger partial charge in [0.05, 0.1) is 11.0 Å². The van der Waals surface area contributed by atoms with Crippen LogP contribution in [0.3, 0.4) is 0 Å². The highest BCUT2D eigenvalue weighted by molar-refractivity contribution is 5.97. The van der Waals surface area contributed by atoms with Gasteiger partial charge in [0.1, 0.15) is 5.82 Å². The van der Waals surface area contributed by atoms with Crippen molar-refractivity contribution in [1.82, 2.24) is 19.4 Å². The molecule has 1 aromatic carbocycles. The highest BCUT2D eigenvalue weighted by Crippen LogP contribution is 2.22. The average Bonchev–Trinajstić information content (AvgIpc) is 2.75. The second-order valence-electron chi connectivity index (χ2n) is 7.04. The summed E-state index contributed by atoms with van der Waals surface area (Å²) in [6.07, 6.45) is 0.814. The van der Waals surface area contributed by atoms with E-state index in [0.717, 1.165) is 29.8 Å². The normalized spacial score (nSPS) is 15.7. The summed E-state index contributed by atoms with van der Waals surface area (Å²) in [7, 11) is 2.01. The van der Waals surface area contributed by atoms with Gasteiger partial charge in [0.15, 0.2) is 0 Å². The SMILES string of the molecule is CC(=O)N1CCCN(C(=O)c2ccc3c(c2)nc(C(C)C)n3C)CC1. The molecule has 0 radical (unpaired) electrons. The van der Waals surface area contributed by atoms with E-state index >= 15 is 0 Å². The van der Waals surface area contributed by atoms with E-state index in [-0.39, 0.29) is 11.8 Å². The third kappa shape index (κ3) is 3.38. The van der Waals surface area contributed by atoms with Gasteiger partial charge in [-0.2, -0.15) is 0 Å². The van der Waals surface area contributed by atoms with Crippen LogP contribution in [0.5, 0.6) is 0 Å². The molecule has 1 fully saturated rings. The Bertz CT molecular complexity index is 809. The van der Waals surface area contributed by atoms with E-state index in [9.17, 15) is 9.59 Å². The van der Waals surface area contributed by atoms with Crippen LogP contribution in [0.4, 0.5) is 0 Å². The fraction of sp³-hybridized carbons (Fsp3) is 0.526. The van der Waals surface area contributed by atoms with Gasteiger partial charge in [0, 0.05) is 51.6 Å². The van der Waals surface area contributed by atoms with Gasteiger partial charge < -0.3 is 14.4 Å². The standard InChI is InChI=1S/C19H26N4O2/c1-13(2)18-20-16-12-15(6-7-17(16)21(18)4)19(25)23-9-5-8-22(10-11-23)14(3)24/h6-7,12-13H,5,8-11H2,1-4H3. The minimum atomic E-state index is 0.0176. The van der Waals surface area contributed by atoms with Gasteiger partial charge in [-0.1, -0.05) is 13.8 Å². The van der Waals surface area contributed by atoms with Gasteiger partial charge in [0.2, 0.25) is 5.91 Å². The summed E-state index contributed by atoms with van der Waals surface area (Å²) in [4.78, 5) is 32.8. The van der Waals surface area contributed by atoms with Crippen LogP contribution in [-0.4, -0.2) is 57.3 Å². The largest absolute Gasteiger partial charge is 0.341 e. The zero-order chi connectivity index (χ0) is 18.1. The Labute approximate surface area is 148 Å². The fourth-order valence-corrected chi connectivity index (χ4v) is 3.49. The predicted molar refractivity (Wildman–Crippen MR) is 97.6 cm³/mol. The lowest BCUT2D eigenvalue weighted by Crippen LogP contribution is -2.36. The zero-order valence-electron chi connectivity index (χ0n) is 15.5. The maximum absolute atomic E-state index is 12.9. The Morgan fingerprint density at radius 3 is 2.44 bits per heavy atom. The summed E-state index contributed by atoms with van der Waals surface area (Å²) in [6.45, 7) is 8.39. The van der Waals surface area contributed by atoms with E-state index in [1.165, 1.54) is 0 Å². The summed E-state index contributed by atoms with van der Waals surface area (Å²) in [5.41, 5.74) is 2.56. The van der Waals surface area contributed by atoms with E-state index in [4.69, 9.17) is 4.98 Å². The van der Waals surface area contributed by atoms with Crippen molar-refractivity contribution in [2.45, 2.75) is 33.1 Å². The van der Waals surface area contributed by atoms with Gasteiger partial charge in [-0.15, -0.1) is 0 Å². The molecule has 2 amide bonds. The predicted octanol–water partition coefficient (Wildman–Crippen LogP) is 2.39. The number of aryl methyl sites for hydroxylation is 1. The van der Waals surface area contributed by atoms with Crippen molar-refractivity contribution in [2.24, 2.45) is 7.05 Å². The first kappa shape index (κ1) is 17.5. The first-order valence-electron chi connectivity index (χ1n) is 8.89.